The lowest BCUT2D eigenvalue weighted by Crippen LogP contribution is -2.22. The van der Waals surface area contributed by atoms with Crippen LogP contribution in [0.1, 0.15) is 12.8 Å². The SMILES string of the molecule is COCCCN.COCCCNC(=O)O. The third kappa shape index (κ3) is 24.6. The van der Waals surface area contributed by atoms with Crippen molar-refractivity contribution in [2.75, 3.05) is 40.5 Å². The van der Waals surface area contributed by atoms with Gasteiger partial charge in [-0.1, -0.05) is 0 Å². The minimum atomic E-state index is -0.980. The molecule has 0 spiro atoms. The van der Waals surface area contributed by atoms with E-state index < -0.39 is 6.09 Å². The number of rotatable bonds is 7. The third-order valence-corrected chi connectivity index (χ3v) is 1.35. The molecule has 0 fully saturated rings. The molecule has 15 heavy (non-hydrogen) atoms. The maximum Gasteiger partial charge on any atom is 0.404 e. The Morgan fingerprint density at radius 3 is 2.13 bits per heavy atom. The highest BCUT2D eigenvalue weighted by molar-refractivity contribution is 5.64. The minimum Gasteiger partial charge on any atom is -0.465 e. The first-order valence-electron chi connectivity index (χ1n) is 4.83. The molecule has 0 aliphatic heterocycles. The van der Waals surface area contributed by atoms with Crippen LogP contribution < -0.4 is 11.1 Å². The molecular formula is C9H22N2O4. The molecule has 92 valence electrons. The molecule has 6 heteroatoms. The largest absolute Gasteiger partial charge is 0.465 e. The summed E-state index contributed by atoms with van der Waals surface area (Å²) in [6, 6.07) is 0. The van der Waals surface area contributed by atoms with E-state index in [0.29, 0.717) is 13.2 Å². The van der Waals surface area contributed by atoms with E-state index in [2.05, 4.69) is 5.32 Å². The van der Waals surface area contributed by atoms with Crippen molar-refractivity contribution >= 4 is 6.09 Å². The molecule has 0 aromatic heterocycles. The van der Waals surface area contributed by atoms with Crippen molar-refractivity contribution in [1.29, 1.82) is 0 Å². The summed E-state index contributed by atoms with van der Waals surface area (Å²) in [5.41, 5.74) is 5.13. The maximum atomic E-state index is 9.81. The van der Waals surface area contributed by atoms with E-state index in [1.165, 1.54) is 0 Å². The van der Waals surface area contributed by atoms with E-state index in [1.807, 2.05) is 0 Å². The van der Waals surface area contributed by atoms with Crippen molar-refractivity contribution in [2.45, 2.75) is 12.8 Å². The highest BCUT2D eigenvalue weighted by atomic mass is 16.5. The van der Waals surface area contributed by atoms with E-state index in [-0.39, 0.29) is 0 Å². The van der Waals surface area contributed by atoms with Gasteiger partial charge in [-0.15, -0.1) is 0 Å². The number of hydrogen-bond acceptors (Lipinski definition) is 4. The Kier molecular flexibility index (Phi) is 17.3. The molecule has 0 aromatic rings. The summed E-state index contributed by atoms with van der Waals surface area (Å²) in [6.45, 7) is 2.58. The van der Waals surface area contributed by atoms with Crippen LogP contribution in [0.3, 0.4) is 0 Å². The lowest BCUT2D eigenvalue weighted by molar-refractivity contribution is 0.182. The molecule has 0 atom stereocenters. The van der Waals surface area contributed by atoms with Crippen LogP contribution in [0, 0.1) is 0 Å². The Bertz CT molecular complexity index is 129. The average Bonchev–Trinajstić information content (AvgIpc) is 2.22. The normalized spacial score (nSPS) is 9.00. The van der Waals surface area contributed by atoms with Gasteiger partial charge in [-0.2, -0.15) is 0 Å². The van der Waals surface area contributed by atoms with E-state index in [0.717, 1.165) is 26.0 Å². The molecule has 4 N–H and O–H groups in total. The highest BCUT2D eigenvalue weighted by Crippen LogP contribution is 1.75. The number of nitrogens with two attached hydrogens (primary N) is 1. The van der Waals surface area contributed by atoms with Crippen molar-refractivity contribution in [3.8, 4) is 0 Å². The predicted octanol–water partition coefficient (Wildman–Crippen LogP) is 0.272. The van der Waals surface area contributed by atoms with Crippen LogP contribution in [0.25, 0.3) is 0 Å². The quantitative estimate of drug-likeness (QED) is 0.538. The van der Waals surface area contributed by atoms with Crippen LogP contribution in [0.15, 0.2) is 0 Å². The molecule has 0 radical (unpaired) electrons. The molecule has 0 aliphatic rings. The Morgan fingerprint density at radius 2 is 1.80 bits per heavy atom. The van der Waals surface area contributed by atoms with Crippen LogP contribution in [-0.4, -0.2) is 51.7 Å². The fraction of sp³-hybridized carbons (Fsp3) is 0.889. The number of carbonyl (C=O) groups is 1. The zero-order chi connectivity index (χ0) is 11.9. The van der Waals surface area contributed by atoms with Crippen molar-refractivity contribution in [3.63, 3.8) is 0 Å². The second-order valence-corrected chi connectivity index (χ2v) is 2.71. The van der Waals surface area contributed by atoms with Crippen molar-refractivity contribution in [2.24, 2.45) is 5.73 Å². The molecule has 0 heterocycles. The van der Waals surface area contributed by atoms with Gasteiger partial charge in [0.2, 0.25) is 0 Å². The summed E-state index contributed by atoms with van der Waals surface area (Å²) < 4.78 is 9.39. The van der Waals surface area contributed by atoms with Gasteiger partial charge in [-0.05, 0) is 19.4 Å². The summed E-state index contributed by atoms with van der Waals surface area (Å²) in [4.78, 5) is 9.81. The first-order chi connectivity index (χ1) is 7.18. The first kappa shape index (κ1) is 16.6. The molecular weight excluding hydrogens is 200 g/mol. The highest BCUT2D eigenvalue weighted by Gasteiger charge is 1.90. The minimum absolute atomic E-state index is 0.461. The standard InChI is InChI=1S/C5H11NO3.C4H11NO/c1-9-4-2-3-6-5(7)8;1-6-4-2-3-5/h6H,2-4H2,1H3,(H,7,8);2-5H2,1H3. The molecule has 0 saturated heterocycles. The van der Waals surface area contributed by atoms with Gasteiger partial charge in [0.05, 0.1) is 0 Å². The van der Waals surface area contributed by atoms with Gasteiger partial charge in [0.1, 0.15) is 0 Å². The predicted molar refractivity (Wildman–Crippen MR) is 58.1 cm³/mol. The van der Waals surface area contributed by atoms with E-state index in [4.69, 9.17) is 20.3 Å². The smallest absolute Gasteiger partial charge is 0.404 e. The second-order valence-electron chi connectivity index (χ2n) is 2.71. The molecule has 6 nitrogen and oxygen atoms in total. The van der Waals surface area contributed by atoms with Crippen molar-refractivity contribution < 1.29 is 19.4 Å². The van der Waals surface area contributed by atoms with Crippen molar-refractivity contribution in [3.05, 3.63) is 0 Å². The number of hydrogen-bond donors (Lipinski definition) is 3. The fourth-order valence-corrected chi connectivity index (χ4v) is 0.639. The van der Waals surface area contributed by atoms with E-state index in [1.54, 1.807) is 14.2 Å². The van der Waals surface area contributed by atoms with Crippen LogP contribution in [-0.2, 0) is 9.47 Å². The van der Waals surface area contributed by atoms with Gasteiger partial charge in [-0.25, -0.2) is 4.79 Å². The van der Waals surface area contributed by atoms with Crippen LogP contribution in [0.2, 0.25) is 0 Å². The summed E-state index contributed by atoms with van der Waals surface area (Å²) in [6.07, 6.45) is 0.713. The summed E-state index contributed by atoms with van der Waals surface area (Å²) in [5.74, 6) is 0. The topological polar surface area (TPSA) is 93.8 Å². The molecule has 1 amide bonds. The molecule has 0 rings (SSSR count). The monoisotopic (exact) mass is 222 g/mol. The molecule has 0 unspecified atom stereocenters. The number of nitrogens with one attached hydrogen (secondary N) is 1. The van der Waals surface area contributed by atoms with Crippen molar-refractivity contribution in [1.82, 2.24) is 5.32 Å². The van der Waals surface area contributed by atoms with E-state index in [9.17, 15) is 4.79 Å². The third-order valence-electron chi connectivity index (χ3n) is 1.35. The van der Waals surface area contributed by atoms with Gasteiger partial charge in [-0.3, -0.25) is 0 Å². The summed E-state index contributed by atoms with van der Waals surface area (Å²) >= 11 is 0. The number of amides is 1. The average molecular weight is 222 g/mol. The lowest BCUT2D eigenvalue weighted by Gasteiger charge is -1.97. The van der Waals surface area contributed by atoms with Gasteiger partial charge in [0.15, 0.2) is 0 Å². The van der Waals surface area contributed by atoms with Gasteiger partial charge >= 0.3 is 6.09 Å². The Labute approximate surface area is 90.7 Å². The summed E-state index contributed by atoms with van der Waals surface area (Å²) in [7, 11) is 3.26. The zero-order valence-electron chi connectivity index (χ0n) is 9.49. The second kappa shape index (κ2) is 15.6. The number of carboxylic acid groups (broad SMARTS) is 1. The van der Waals surface area contributed by atoms with Crippen LogP contribution in [0.4, 0.5) is 4.79 Å². The summed E-state index contributed by atoms with van der Waals surface area (Å²) in [5, 5.41) is 10.3. The maximum absolute atomic E-state index is 9.81. The Morgan fingerprint density at radius 1 is 1.27 bits per heavy atom. The lowest BCUT2D eigenvalue weighted by atomic mass is 10.4. The zero-order valence-corrected chi connectivity index (χ0v) is 9.49. The molecule has 0 aliphatic carbocycles. The Balaban J connectivity index is 0. The van der Waals surface area contributed by atoms with Gasteiger partial charge < -0.3 is 25.6 Å². The van der Waals surface area contributed by atoms with Crippen LogP contribution in [0.5, 0.6) is 0 Å². The van der Waals surface area contributed by atoms with Crippen LogP contribution >= 0.6 is 0 Å². The number of methoxy groups -OCH3 is 2. The number of ether oxygens (including phenoxy) is 2. The fourth-order valence-electron chi connectivity index (χ4n) is 0.639. The molecule has 0 aromatic carbocycles. The van der Waals surface area contributed by atoms with Gasteiger partial charge in [0.25, 0.3) is 0 Å². The molecule has 0 bridgehead atoms. The Hall–Kier alpha value is -0.850. The first-order valence-corrected chi connectivity index (χ1v) is 4.83. The van der Waals surface area contributed by atoms with E-state index >= 15 is 0 Å². The van der Waals surface area contributed by atoms with Gasteiger partial charge in [0, 0.05) is 34.0 Å². The molecule has 0 saturated carbocycles.